The van der Waals surface area contributed by atoms with Crippen molar-refractivity contribution < 1.29 is 14.3 Å². The molecule has 0 saturated heterocycles. The number of allylic oxidation sites excluding steroid dienone is 1. The van der Waals surface area contributed by atoms with Crippen molar-refractivity contribution in [1.29, 1.82) is 10.5 Å². The average Bonchev–Trinajstić information content (AvgIpc) is 3.36. The largest absolute Gasteiger partial charge is 0.493 e. The third kappa shape index (κ3) is 3.70. The van der Waals surface area contributed by atoms with E-state index in [2.05, 4.69) is 10.2 Å². The molecule has 28 heavy (non-hydrogen) atoms. The van der Waals surface area contributed by atoms with Crippen LogP contribution < -0.4 is 15.2 Å². The second kappa shape index (κ2) is 8.08. The molecule has 2 heterocycles. The number of H-pyrrole nitrogens is 1. The first-order valence-corrected chi connectivity index (χ1v) is 8.75. The standard InChI is InChI=1S/C19H13N5O3S/c1-26-15-8-11(4-5-14(15)27-19(25)16-3-2-6-28-16)7-12(9-20)17-13(10-21)18(22)24-23-17/h2-8H,1H3,(H3,22,23,24). The number of rotatable bonds is 5. The number of esters is 1. The zero-order chi connectivity index (χ0) is 20.1. The smallest absolute Gasteiger partial charge is 0.353 e. The lowest BCUT2D eigenvalue weighted by atomic mass is 10.1. The van der Waals surface area contributed by atoms with Crippen LogP contribution in [-0.2, 0) is 0 Å². The minimum Gasteiger partial charge on any atom is -0.493 e. The number of carbonyl (C=O) groups excluding carboxylic acids is 1. The van der Waals surface area contributed by atoms with Gasteiger partial charge in [0.15, 0.2) is 17.3 Å². The van der Waals surface area contributed by atoms with Crippen LogP contribution in [0.3, 0.4) is 0 Å². The summed E-state index contributed by atoms with van der Waals surface area (Å²) in [5, 5.41) is 26.8. The van der Waals surface area contributed by atoms with E-state index in [1.54, 1.807) is 41.8 Å². The molecule has 0 fully saturated rings. The van der Waals surface area contributed by atoms with Crippen LogP contribution in [0.4, 0.5) is 5.82 Å². The van der Waals surface area contributed by atoms with Gasteiger partial charge in [-0.2, -0.15) is 15.6 Å². The molecule has 3 N–H and O–H groups in total. The number of hydrogen-bond acceptors (Lipinski definition) is 8. The van der Waals surface area contributed by atoms with Crippen molar-refractivity contribution in [2.45, 2.75) is 0 Å². The number of carbonyl (C=O) groups is 1. The summed E-state index contributed by atoms with van der Waals surface area (Å²) >= 11 is 1.27. The quantitative estimate of drug-likeness (QED) is 0.387. The van der Waals surface area contributed by atoms with Crippen LogP contribution >= 0.6 is 11.3 Å². The fourth-order valence-corrected chi connectivity index (χ4v) is 2.99. The van der Waals surface area contributed by atoms with Gasteiger partial charge in [-0.25, -0.2) is 4.79 Å². The van der Waals surface area contributed by atoms with Crippen LogP contribution in [0.2, 0.25) is 0 Å². The summed E-state index contributed by atoms with van der Waals surface area (Å²) in [6, 6.07) is 12.2. The third-order valence-electron chi connectivity index (χ3n) is 3.72. The van der Waals surface area contributed by atoms with Gasteiger partial charge in [0.25, 0.3) is 0 Å². The van der Waals surface area contributed by atoms with Gasteiger partial charge in [0.2, 0.25) is 0 Å². The molecule has 8 nitrogen and oxygen atoms in total. The number of hydrogen-bond donors (Lipinski definition) is 2. The maximum atomic E-state index is 12.1. The Morgan fingerprint density at radius 3 is 2.79 bits per heavy atom. The average molecular weight is 391 g/mol. The molecule has 3 aromatic rings. The molecule has 0 amide bonds. The summed E-state index contributed by atoms with van der Waals surface area (Å²) in [7, 11) is 1.44. The van der Waals surface area contributed by atoms with Crippen molar-refractivity contribution in [3.63, 3.8) is 0 Å². The summed E-state index contributed by atoms with van der Waals surface area (Å²) < 4.78 is 10.7. The highest BCUT2D eigenvalue weighted by molar-refractivity contribution is 7.12. The minimum atomic E-state index is -0.485. The van der Waals surface area contributed by atoms with Crippen molar-refractivity contribution in [2.24, 2.45) is 0 Å². The first kappa shape index (κ1) is 18.7. The number of aromatic nitrogens is 2. The molecule has 0 radical (unpaired) electrons. The van der Waals surface area contributed by atoms with Crippen LogP contribution in [0.25, 0.3) is 11.6 Å². The highest BCUT2D eigenvalue weighted by atomic mass is 32.1. The van der Waals surface area contributed by atoms with Gasteiger partial charge >= 0.3 is 5.97 Å². The molecule has 0 saturated carbocycles. The Morgan fingerprint density at radius 2 is 2.14 bits per heavy atom. The van der Waals surface area contributed by atoms with E-state index in [1.165, 1.54) is 18.4 Å². The molecule has 0 aliphatic rings. The van der Waals surface area contributed by atoms with Gasteiger partial charge in [-0.05, 0) is 35.2 Å². The number of thiophene rings is 1. The minimum absolute atomic E-state index is 0.0204. The molecule has 0 aliphatic heterocycles. The Morgan fingerprint density at radius 1 is 1.32 bits per heavy atom. The van der Waals surface area contributed by atoms with E-state index >= 15 is 0 Å². The first-order valence-electron chi connectivity index (χ1n) is 7.87. The fourth-order valence-electron chi connectivity index (χ4n) is 2.39. The van der Waals surface area contributed by atoms with Crippen LogP contribution in [0.5, 0.6) is 11.5 Å². The summed E-state index contributed by atoms with van der Waals surface area (Å²) in [6.07, 6.45) is 1.54. The van der Waals surface area contributed by atoms with Gasteiger partial charge in [0.05, 0.1) is 18.4 Å². The van der Waals surface area contributed by atoms with E-state index < -0.39 is 5.97 Å². The lowest BCUT2D eigenvalue weighted by Crippen LogP contribution is -2.07. The molecule has 2 aromatic heterocycles. The van der Waals surface area contributed by atoms with Crippen molar-refractivity contribution in [3.05, 3.63) is 57.4 Å². The van der Waals surface area contributed by atoms with E-state index in [9.17, 15) is 15.3 Å². The SMILES string of the molecule is COc1cc(C=C(C#N)c2[nH]nc(N)c2C#N)ccc1OC(=O)c1cccs1. The normalized spacial score (nSPS) is 10.8. The number of anilines is 1. The fraction of sp³-hybridized carbons (Fsp3) is 0.0526. The highest BCUT2D eigenvalue weighted by Gasteiger charge is 2.16. The molecule has 0 spiro atoms. The number of nitrogen functional groups attached to an aromatic ring is 1. The monoisotopic (exact) mass is 391 g/mol. The van der Waals surface area contributed by atoms with Gasteiger partial charge in [0, 0.05) is 0 Å². The zero-order valence-electron chi connectivity index (χ0n) is 14.6. The van der Waals surface area contributed by atoms with Crippen molar-refractivity contribution in [2.75, 3.05) is 12.8 Å². The van der Waals surface area contributed by atoms with Crippen LogP contribution in [0.1, 0.15) is 26.5 Å². The lowest BCUT2D eigenvalue weighted by Gasteiger charge is -2.09. The molecule has 1 aromatic carbocycles. The second-order valence-corrected chi connectivity index (χ2v) is 6.37. The Hall–Kier alpha value is -4.08. The number of benzene rings is 1. The first-order chi connectivity index (χ1) is 13.6. The highest BCUT2D eigenvalue weighted by Crippen LogP contribution is 2.31. The number of aromatic amines is 1. The van der Waals surface area contributed by atoms with Gasteiger partial charge in [-0.3, -0.25) is 5.10 Å². The van der Waals surface area contributed by atoms with Crippen molar-refractivity contribution >= 4 is 34.8 Å². The molecule has 0 atom stereocenters. The summed E-state index contributed by atoms with van der Waals surface area (Å²) in [5.41, 5.74) is 6.72. The van der Waals surface area contributed by atoms with E-state index in [1.807, 2.05) is 12.1 Å². The maximum Gasteiger partial charge on any atom is 0.353 e. The third-order valence-corrected chi connectivity index (χ3v) is 4.57. The Labute approximate surface area is 164 Å². The lowest BCUT2D eigenvalue weighted by molar-refractivity contribution is 0.0735. The molecule has 3 rings (SSSR count). The Bertz CT molecular complexity index is 1130. The van der Waals surface area contributed by atoms with E-state index in [0.717, 1.165) is 0 Å². The van der Waals surface area contributed by atoms with Crippen LogP contribution in [0.15, 0.2) is 35.7 Å². The van der Waals surface area contributed by atoms with Gasteiger partial charge in [0.1, 0.15) is 22.6 Å². The van der Waals surface area contributed by atoms with Crippen LogP contribution in [0, 0.1) is 22.7 Å². The second-order valence-electron chi connectivity index (χ2n) is 5.42. The topological polar surface area (TPSA) is 138 Å². The van der Waals surface area contributed by atoms with E-state index in [-0.39, 0.29) is 28.4 Å². The van der Waals surface area contributed by atoms with E-state index in [4.69, 9.17) is 15.2 Å². The summed E-state index contributed by atoms with van der Waals surface area (Å²) in [4.78, 5) is 12.6. The zero-order valence-corrected chi connectivity index (χ0v) is 15.4. The number of methoxy groups -OCH3 is 1. The molecule has 0 unspecified atom stereocenters. The van der Waals surface area contributed by atoms with Crippen molar-refractivity contribution in [3.8, 4) is 23.6 Å². The van der Waals surface area contributed by atoms with Crippen LogP contribution in [-0.4, -0.2) is 23.3 Å². The number of ether oxygens (including phenoxy) is 2. The molecular weight excluding hydrogens is 378 g/mol. The van der Waals surface area contributed by atoms with Crippen molar-refractivity contribution in [1.82, 2.24) is 10.2 Å². The molecule has 138 valence electrons. The molecule has 0 bridgehead atoms. The predicted molar refractivity (Wildman–Crippen MR) is 103 cm³/mol. The predicted octanol–water partition coefficient (Wildman–Crippen LogP) is 3.22. The number of nitrogens with zero attached hydrogens (tertiary/aromatic N) is 3. The summed E-state index contributed by atoms with van der Waals surface area (Å²) in [6.45, 7) is 0. The van der Waals surface area contributed by atoms with Gasteiger partial charge in [-0.15, -0.1) is 11.3 Å². The molecule has 0 aliphatic carbocycles. The molecule has 9 heteroatoms. The Kier molecular flexibility index (Phi) is 5.40. The summed E-state index contributed by atoms with van der Waals surface area (Å²) in [5.74, 6) is 0.105. The van der Waals surface area contributed by atoms with Gasteiger partial charge in [-0.1, -0.05) is 12.1 Å². The Balaban J connectivity index is 1.93. The number of nitrogens with two attached hydrogens (primary N) is 1. The molecular formula is C19H13N5O3S. The number of nitriles is 2. The maximum absolute atomic E-state index is 12.1. The van der Waals surface area contributed by atoms with Gasteiger partial charge < -0.3 is 15.2 Å². The van der Waals surface area contributed by atoms with E-state index in [0.29, 0.717) is 16.2 Å². The number of nitrogens with one attached hydrogen (secondary N) is 1.